The fraction of sp³-hybridized carbons (Fsp3) is 0.0758. The summed E-state index contributed by atoms with van der Waals surface area (Å²) in [7, 11) is 2.11. The summed E-state index contributed by atoms with van der Waals surface area (Å²) in [5, 5.41) is 5.63. The molecule has 9 aromatic carbocycles. The third-order valence-electron chi connectivity index (χ3n) is 15.0. The zero-order valence-corrected chi connectivity index (χ0v) is 40.1. The highest BCUT2D eigenvalue weighted by molar-refractivity contribution is 6.13. The number of nitrogens with zero attached hydrogens (tertiary/aromatic N) is 5. The van der Waals surface area contributed by atoms with Gasteiger partial charge in [-0.15, -0.1) is 0 Å². The fourth-order valence-electron chi connectivity index (χ4n) is 11.5. The number of benzene rings is 9. The molecule has 0 unspecified atom stereocenters. The number of aromatic nitrogens is 4. The van der Waals surface area contributed by atoms with Crippen molar-refractivity contribution in [3.8, 4) is 61.8 Å². The summed E-state index contributed by atoms with van der Waals surface area (Å²) in [4.78, 5) is 18.5. The summed E-state index contributed by atoms with van der Waals surface area (Å²) in [6, 6.07) is 69.2. The molecule has 12 aromatic rings. The average molecular weight is 926 g/mol. The van der Waals surface area contributed by atoms with Gasteiger partial charge in [0.25, 0.3) is 0 Å². The molecule has 0 saturated heterocycles. The molecule has 0 radical (unpaired) electrons. The van der Waals surface area contributed by atoms with E-state index in [0.29, 0.717) is 17.6 Å². The number of anilines is 2. The SMILES string of the molecule is CN(c1nc(-c2ccccc2)nc(-c2cccc3c2-c2ccccc2C3(C)C)n1)c1c(-c2ccccc2)ccc2c3c(n(-c4cc(-c5ccc6ccccc6c5)cc5c4oc4ccccc45)c12)C=CCC=C3. The van der Waals surface area contributed by atoms with E-state index in [1.165, 1.54) is 33.0 Å². The number of hydrogen-bond donors (Lipinski definition) is 0. The first-order valence-electron chi connectivity index (χ1n) is 24.7. The van der Waals surface area contributed by atoms with E-state index < -0.39 is 0 Å². The molecule has 6 heteroatoms. The van der Waals surface area contributed by atoms with Gasteiger partial charge in [0.05, 0.1) is 22.6 Å². The molecule has 3 heterocycles. The number of hydrogen-bond acceptors (Lipinski definition) is 5. The normalized spacial score (nSPS) is 13.4. The third-order valence-corrected chi connectivity index (χ3v) is 15.0. The van der Waals surface area contributed by atoms with Gasteiger partial charge in [-0.3, -0.25) is 0 Å². The molecule has 0 spiro atoms. The zero-order chi connectivity index (χ0) is 48.1. The molecule has 72 heavy (non-hydrogen) atoms. The first-order chi connectivity index (χ1) is 35.4. The van der Waals surface area contributed by atoms with E-state index in [1.54, 1.807) is 0 Å². The van der Waals surface area contributed by atoms with E-state index in [1.807, 2.05) is 18.2 Å². The van der Waals surface area contributed by atoms with Gasteiger partial charge in [0.2, 0.25) is 5.95 Å². The highest BCUT2D eigenvalue weighted by Gasteiger charge is 2.37. The Bertz CT molecular complexity index is 4230. The minimum absolute atomic E-state index is 0.194. The first kappa shape index (κ1) is 41.8. The van der Waals surface area contributed by atoms with Crippen molar-refractivity contribution in [2.75, 3.05) is 11.9 Å². The van der Waals surface area contributed by atoms with E-state index in [4.69, 9.17) is 19.4 Å². The molecule has 0 amide bonds. The molecular weight excluding hydrogens is 879 g/mol. The monoisotopic (exact) mass is 925 g/mol. The van der Waals surface area contributed by atoms with Gasteiger partial charge in [0.1, 0.15) is 5.58 Å². The summed E-state index contributed by atoms with van der Waals surface area (Å²) in [6.45, 7) is 4.62. The van der Waals surface area contributed by atoms with Gasteiger partial charge >= 0.3 is 0 Å². The van der Waals surface area contributed by atoms with Gasteiger partial charge in [-0.2, -0.15) is 9.97 Å². The molecule has 0 saturated carbocycles. The van der Waals surface area contributed by atoms with Crippen LogP contribution in [0.4, 0.5) is 11.6 Å². The van der Waals surface area contributed by atoms with Crippen molar-refractivity contribution in [2.45, 2.75) is 25.7 Å². The van der Waals surface area contributed by atoms with Gasteiger partial charge in [0.15, 0.2) is 17.2 Å². The molecule has 6 nitrogen and oxygen atoms in total. The van der Waals surface area contributed by atoms with E-state index in [9.17, 15) is 0 Å². The Kier molecular flexibility index (Phi) is 9.42. The second-order valence-electron chi connectivity index (χ2n) is 19.5. The lowest BCUT2D eigenvalue weighted by Crippen LogP contribution is -2.17. The summed E-state index contributed by atoms with van der Waals surface area (Å²) in [5.41, 5.74) is 17.7. The number of furan rings is 1. The van der Waals surface area contributed by atoms with E-state index >= 15 is 0 Å². The minimum Gasteiger partial charge on any atom is -0.454 e. The van der Waals surface area contributed by atoms with Crippen molar-refractivity contribution in [1.29, 1.82) is 0 Å². The highest BCUT2D eigenvalue weighted by Crippen LogP contribution is 2.52. The van der Waals surface area contributed by atoms with Crippen LogP contribution in [0.3, 0.4) is 0 Å². The largest absolute Gasteiger partial charge is 0.454 e. The Morgan fingerprint density at radius 1 is 0.514 bits per heavy atom. The van der Waals surface area contributed by atoms with Gasteiger partial charge in [0, 0.05) is 50.9 Å². The van der Waals surface area contributed by atoms with Crippen LogP contribution in [0, 0.1) is 0 Å². The minimum atomic E-state index is -0.194. The lowest BCUT2D eigenvalue weighted by molar-refractivity contribution is 0.660. The zero-order valence-electron chi connectivity index (χ0n) is 40.1. The van der Waals surface area contributed by atoms with Gasteiger partial charge in [-0.25, -0.2) is 4.98 Å². The summed E-state index contributed by atoms with van der Waals surface area (Å²) >= 11 is 0. The van der Waals surface area contributed by atoms with Crippen LogP contribution in [0.5, 0.6) is 0 Å². The number of para-hydroxylation sites is 1. The van der Waals surface area contributed by atoms with Crippen LogP contribution >= 0.6 is 0 Å². The molecule has 2 aliphatic rings. The lowest BCUT2D eigenvalue weighted by atomic mass is 9.82. The standard InChI is InChI=1S/C66H47N5O/c1-66(2)54-30-17-15-28-51(54)59-52(29-19-31-55(59)66)64-67-63(43-23-9-5-10-24-43)68-65(69-64)70(3)60-47(42-21-7-4-8-22-42)36-37-50-48-26-11-6-12-32-56(48)71(61(50)60)57-40-46(45-35-34-41-20-13-14-25-44(41)38-45)39-53-49-27-16-18-33-58(49)72-62(53)57/h4-5,7-40H,6H2,1-3H3. The van der Waals surface area contributed by atoms with E-state index in [-0.39, 0.29) is 5.41 Å². The third kappa shape index (κ3) is 6.45. The highest BCUT2D eigenvalue weighted by atomic mass is 16.3. The lowest BCUT2D eigenvalue weighted by Gasteiger charge is -2.25. The predicted molar refractivity (Wildman–Crippen MR) is 298 cm³/mol. The van der Waals surface area contributed by atoms with Crippen molar-refractivity contribution >= 4 is 67.4 Å². The molecule has 0 N–H and O–H groups in total. The van der Waals surface area contributed by atoms with Crippen LogP contribution in [0.2, 0.25) is 0 Å². The Hall–Kier alpha value is -9.13. The Morgan fingerprint density at radius 2 is 1.22 bits per heavy atom. The molecule has 342 valence electrons. The smallest absolute Gasteiger partial charge is 0.233 e. The van der Waals surface area contributed by atoms with Gasteiger partial charge in [-0.1, -0.05) is 202 Å². The van der Waals surface area contributed by atoms with Crippen molar-refractivity contribution in [3.05, 3.63) is 229 Å². The van der Waals surface area contributed by atoms with Gasteiger partial charge in [-0.05, 0) is 86.5 Å². The van der Waals surface area contributed by atoms with Gasteiger partial charge < -0.3 is 13.9 Å². The maximum absolute atomic E-state index is 7.04. The number of allylic oxidation sites excluding steroid dienone is 2. The van der Waals surface area contributed by atoms with Crippen molar-refractivity contribution in [2.24, 2.45) is 0 Å². The van der Waals surface area contributed by atoms with Crippen LogP contribution < -0.4 is 4.90 Å². The predicted octanol–water partition coefficient (Wildman–Crippen LogP) is 17.0. The van der Waals surface area contributed by atoms with Crippen LogP contribution in [0.25, 0.3) is 118 Å². The maximum Gasteiger partial charge on any atom is 0.233 e. The Labute approximate surface area is 417 Å². The van der Waals surface area contributed by atoms with Crippen molar-refractivity contribution in [3.63, 3.8) is 0 Å². The number of rotatable bonds is 7. The second-order valence-corrected chi connectivity index (χ2v) is 19.5. The second kappa shape index (κ2) is 16.2. The van der Waals surface area contributed by atoms with E-state index in [2.05, 4.69) is 231 Å². The van der Waals surface area contributed by atoms with Crippen LogP contribution in [0.1, 0.15) is 42.7 Å². The topological polar surface area (TPSA) is 60.0 Å². The van der Waals surface area contributed by atoms with Crippen LogP contribution in [0.15, 0.2) is 211 Å². The van der Waals surface area contributed by atoms with Crippen LogP contribution in [-0.2, 0) is 5.41 Å². The van der Waals surface area contributed by atoms with E-state index in [0.717, 1.165) is 95.3 Å². The average Bonchev–Trinajstić information content (AvgIpc) is 3.96. The molecule has 0 bridgehead atoms. The summed E-state index contributed by atoms with van der Waals surface area (Å²) in [5.74, 6) is 1.75. The summed E-state index contributed by atoms with van der Waals surface area (Å²) in [6.07, 6.45) is 9.90. The van der Waals surface area contributed by atoms with Crippen molar-refractivity contribution in [1.82, 2.24) is 19.5 Å². The van der Waals surface area contributed by atoms with Crippen LogP contribution in [-0.4, -0.2) is 26.6 Å². The Balaban J connectivity index is 1.08. The summed E-state index contributed by atoms with van der Waals surface area (Å²) < 4.78 is 9.47. The molecule has 3 aromatic heterocycles. The first-order valence-corrected chi connectivity index (χ1v) is 24.7. The number of fused-ring (bicyclic) bond motifs is 10. The molecule has 14 rings (SSSR count). The molecule has 2 aliphatic carbocycles. The molecule has 0 aliphatic heterocycles. The fourth-order valence-corrected chi connectivity index (χ4v) is 11.5. The Morgan fingerprint density at radius 3 is 2.08 bits per heavy atom. The van der Waals surface area contributed by atoms with Crippen molar-refractivity contribution < 1.29 is 4.42 Å². The maximum atomic E-state index is 7.04. The molecule has 0 atom stereocenters. The molecular formula is C66H47N5O. The quantitative estimate of drug-likeness (QED) is 0.159. The molecule has 0 fully saturated rings.